The lowest BCUT2D eigenvalue weighted by atomic mass is 9.98. The summed E-state index contributed by atoms with van der Waals surface area (Å²) >= 11 is 0. The number of nitrogens with zero attached hydrogens (tertiary/aromatic N) is 1. The van der Waals surface area contributed by atoms with Crippen molar-refractivity contribution in [3.63, 3.8) is 0 Å². The number of Topliss-reactive ketones (excluding diaryl/α,β-unsaturated/α-hetero) is 1. The van der Waals surface area contributed by atoms with Crippen molar-refractivity contribution in [2.24, 2.45) is 0 Å². The van der Waals surface area contributed by atoms with Gasteiger partial charge < -0.3 is 24.6 Å². The number of aliphatic carboxylic acids is 2. The molecule has 31 heavy (non-hydrogen) atoms. The number of rotatable bonds is 7. The summed E-state index contributed by atoms with van der Waals surface area (Å²) in [5.41, 5.74) is 1.36. The average molecular weight is 438 g/mol. The first-order valence-corrected chi connectivity index (χ1v) is 11.1. The van der Waals surface area contributed by atoms with Crippen molar-refractivity contribution in [2.75, 3.05) is 26.2 Å². The molecule has 7 nitrogen and oxygen atoms in total. The fourth-order valence-electron chi connectivity index (χ4n) is 3.07. The van der Waals surface area contributed by atoms with Gasteiger partial charge in [-0.05, 0) is 70.2 Å². The third-order valence-electron chi connectivity index (χ3n) is 4.82. The van der Waals surface area contributed by atoms with Crippen LogP contribution < -0.4 is 4.74 Å². The monoisotopic (exact) mass is 437 g/mol. The van der Waals surface area contributed by atoms with E-state index in [0.717, 1.165) is 25.2 Å². The molecular formula is C24H39NO6. The average Bonchev–Trinajstić information content (AvgIpc) is 3.00. The fourth-order valence-corrected chi connectivity index (χ4v) is 3.07. The third-order valence-corrected chi connectivity index (χ3v) is 4.82. The van der Waals surface area contributed by atoms with Crippen molar-refractivity contribution in [1.29, 1.82) is 0 Å². The Labute approximate surface area is 186 Å². The third kappa shape index (κ3) is 15.1. The molecule has 0 aromatic heterocycles. The van der Waals surface area contributed by atoms with Gasteiger partial charge in [-0.25, -0.2) is 9.59 Å². The molecule has 1 heterocycles. The van der Waals surface area contributed by atoms with E-state index in [9.17, 15) is 4.79 Å². The Hall–Kier alpha value is -2.41. The Bertz CT molecular complexity index is 637. The molecule has 1 unspecified atom stereocenters. The van der Waals surface area contributed by atoms with E-state index in [1.165, 1.54) is 64.7 Å². The van der Waals surface area contributed by atoms with Crippen LogP contribution in [0.5, 0.6) is 5.75 Å². The van der Waals surface area contributed by atoms with Gasteiger partial charge in [-0.15, -0.1) is 0 Å². The van der Waals surface area contributed by atoms with Crippen LogP contribution in [0.3, 0.4) is 0 Å². The highest BCUT2D eigenvalue weighted by Crippen LogP contribution is 2.28. The molecule has 1 atom stereocenters. The maximum Gasteiger partial charge on any atom is 0.414 e. The van der Waals surface area contributed by atoms with Crippen LogP contribution in [-0.2, 0) is 14.4 Å². The van der Waals surface area contributed by atoms with Gasteiger partial charge in [0, 0.05) is 6.54 Å². The van der Waals surface area contributed by atoms with Gasteiger partial charge in [0.05, 0.1) is 6.61 Å². The van der Waals surface area contributed by atoms with Crippen LogP contribution >= 0.6 is 0 Å². The molecule has 1 saturated heterocycles. The van der Waals surface area contributed by atoms with E-state index in [4.69, 9.17) is 24.5 Å². The maximum absolute atomic E-state index is 9.44. The molecule has 2 N–H and O–H groups in total. The molecule has 0 bridgehead atoms. The summed E-state index contributed by atoms with van der Waals surface area (Å²) in [6, 6.07) is 8.52. The largest absolute Gasteiger partial charge is 0.493 e. The number of carboxylic acid groups (broad SMARTS) is 2. The molecule has 7 heteroatoms. The molecule has 1 aliphatic rings. The maximum atomic E-state index is 9.44. The quantitative estimate of drug-likeness (QED) is 0.475. The number of para-hydroxylation sites is 1. The van der Waals surface area contributed by atoms with Crippen LogP contribution in [0.4, 0.5) is 0 Å². The highest BCUT2D eigenvalue weighted by atomic mass is 16.5. The standard InChI is InChI=1S/C19H31NO.C3H6O.C2H2O4/c1-3-17(2)18-11-6-7-12-19(18)21-16-10-15-20-13-8-4-5-9-14-20;1-3(2)4;3-1(4)2(5)6/h6-7,11-12,17H,3-5,8-10,13-16H2,1-2H3;1-2H3;(H,3,4)(H,5,6). The zero-order valence-electron chi connectivity index (χ0n) is 19.4. The number of hydrogen-bond acceptors (Lipinski definition) is 5. The van der Waals surface area contributed by atoms with Gasteiger partial charge in [0.2, 0.25) is 0 Å². The minimum Gasteiger partial charge on any atom is -0.493 e. The molecule has 1 aromatic carbocycles. The Kier molecular flexibility index (Phi) is 15.9. The lowest BCUT2D eigenvalue weighted by Gasteiger charge is -2.20. The number of carbonyl (C=O) groups excluding carboxylic acids is 1. The van der Waals surface area contributed by atoms with E-state index in [-0.39, 0.29) is 5.78 Å². The van der Waals surface area contributed by atoms with E-state index in [1.807, 2.05) is 0 Å². The van der Waals surface area contributed by atoms with Crippen LogP contribution in [0.25, 0.3) is 0 Å². The molecule has 0 aliphatic carbocycles. The lowest BCUT2D eigenvalue weighted by molar-refractivity contribution is -0.159. The van der Waals surface area contributed by atoms with Crippen molar-refractivity contribution >= 4 is 17.7 Å². The van der Waals surface area contributed by atoms with Crippen molar-refractivity contribution < 1.29 is 29.3 Å². The second-order valence-corrected chi connectivity index (χ2v) is 7.82. The summed E-state index contributed by atoms with van der Waals surface area (Å²) in [5, 5.41) is 14.8. The number of likely N-dealkylation sites (tertiary alicyclic amines) is 1. The zero-order valence-corrected chi connectivity index (χ0v) is 19.4. The summed E-state index contributed by atoms with van der Waals surface area (Å²) in [4.78, 5) is 30.3. The van der Waals surface area contributed by atoms with Gasteiger partial charge in [-0.1, -0.05) is 44.9 Å². The number of hydrogen-bond donors (Lipinski definition) is 2. The SMILES string of the molecule is CC(C)=O.CCC(C)c1ccccc1OCCCN1CCCCCC1.O=C(O)C(=O)O. The highest BCUT2D eigenvalue weighted by Gasteiger charge is 2.11. The number of benzene rings is 1. The summed E-state index contributed by atoms with van der Waals surface area (Å²) in [7, 11) is 0. The van der Waals surface area contributed by atoms with Gasteiger partial charge in [0.1, 0.15) is 11.5 Å². The van der Waals surface area contributed by atoms with Crippen molar-refractivity contribution in [2.45, 2.75) is 72.1 Å². The van der Waals surface area contributed by atoms with Gasteiger partial charge in [0.25, 0.3) is 0 Å². The van der Waals surface area contributed by atoms with Crippen molar-refractivity contribution in [1.82, 2.24) is 4.90 Å². The van der Waals surface area contributed by atoms with Crippen LogP contribution in [-0.4, -0.2) is 59.1 Å². The molecule has 0 saturated carbocycles. The van der Waals surface area contributed by atoms with E-state index < -0.39 is 11.9 Å². The molecule has 2 rings (SSSR count). The molecule has 0 amide bonds. The van der Waals surface area contributed by atoms with Gasteiger partial charge in [-0.2, -0.15) is 0 Å². The Balaban J connectivity index is 0.000000753. The van der Waals surface area contributed by atoms with Crippen LogP contribution in [0.2, 0.25) is 0 Å². The predicted octanol–water partition coefficient (Wildman–Crippen LogP) is 4.60. The topological polar surface area (TPSA) is 104 Å². The smallest absolute Gasteiger partial charge is 0.414 e. The van der Waals surface area contributed by atoms with Gasteiger partial charge in [0.15, 0.2) is 0 Å². The van der Waals surface area contributed by atoms with Crippen LogP contribution in [0.1, 0.15) is 77.7 Å². The molecular weight excluding hydrogens is 398 g/mol. The second kappa shape index (κ2) is 17.3. The Morgan fingerprint density at radius 2 is 1.52 bits per heavy atom. The molecule has 176 valence electrons. The molecule has 1 aliphatic heterocycles. The van der Waals surface area contributed by atoms with E-state index in [1.54, 1.807) is 0 Å². The van der Waals surface area contributed by atoms with Gasteiger partial charge >= 0.3 is 11.9 Å². The highest BCUT2D eigenvalue weighted by molar-refractivity contribution is 6.27. The minimum absolute atomic E-state index is 0.167. The second-order valence-electron chi connectivity index (χ2n) is 7.82. The summed E-state index contributed by atoms with van der Waals surface area (Å²) in [6.07, 6.45) is 7.86. The Morgan fingerprint density at radius 3 is 2.00 bits per heavy atom. The summed E-state index contributed by atoms with van der Waals surface area (Å²) in [6.45, 7) is 12.2. The lowest BCUT2D eigenvalue weighted by Crippen LogP contribution is -2.26. The van der Waals surface area contributed by atoms with Crippen molar-refractivity contribution in [3.05, 3.63) is 29.8 Å². The van der Waals surface area contributed by atoms with Crippen molar-refractivity contribution in [3.8, 4) is 5.75 Å². The molecule has 0 spiro atoms. The Morgan fingerprint density at radius 1 is 1.00 bits per heavy atom. The number of carbonyl (C=O) groups is 3. The fraction of sp³-hybridized carbons (Fsp3) is 0.625. The first-order valence-electron chi connectivity index (χ1n) is 11.1. The van der Waals surface area contributed by atoms with Gasteiger partial charge in [-0.3, -0.25) is 0 Å². The number of ketones is 1. The first kappa shape index (κ1) is 28.6. The molecule has 0 radical (unpaired) electrons. The first-order chi connectivity index (χ1) is 14.7. The van der Waals surface area contributed by atoms with E-state index in [2.05, 4.69) is 43.0 Å². The van der Waals surface area contributed by atoms with Crippen LogP contribution in [0.15, 0.2) is 24.3 Å². The van der Waals surface area contributed by atoms with E-state index >= 15 is 0 Å². The summed E-state index contributed by atoms with van der Waals surface area (Å²) in [5.74, 6) is -1.82. The molecule has 1 aromatic rings. The van der Waals surface area contributed by atoms with E-state index in [0.29, 0.717) is 5.92 Å². The zero-order chi connectivity index (χ0) is 23.6. The number of ether oxygens (including phenoxy) is 1. The molecule has 1 fully saturated rings. The van der Waals surface area contributed by atoms with Crippen LogP contribution in [0, 0.1) is 0 Å². The summed E-state index contributed by atoms with van der Waals surface area (Å²) < 4.78 is 6.06. The predicted molar refractivity (Wildman–Crippen MR) is 122 cm³/mol. The normalized spacial score (nSPS) is 14.6. The minimum atomic E-state index is -1.82. The number of carboxylic acids is 2.